The monoisotopic (exact) mass is 300 g/mol. The molecule has 6 heteroatoms. The molecule has 2 heterocycles. The zero-order valence-electron chi connectivity index (χ0n) is 11.3. The van der Waals surface area contributed by atoms with Crippen molar-refractivity contribution in [2.24, 2.45) is 0 Å². The maximum atomic E-state index is 6.13. The molecule has 0 saturated carbocycles. The molecule has 0 spiro atoms. The van der Waals surface area contributed by atoms with Crippen LogP contribution in [-0.2, 0) is 0 Å². The molecule has 0 radical (unpaired) electrons. The van der Waals surface area contributed by atoms with Crippen LogP contribution in [0.3, 0.4) is 0 Å². The highest BCUT2D eigenvalue weighted by atomic mass is 35.5. The molecule has 1 aliphatic heterocycles. The van der Waals surface area contributed by atoms with Gasteiger partial charge in [0, 0.05) is 18.3 Å². The highest BCUT2D eigenvalue weighted by molar-refractivity contribution is 7.99. The molecule has 0 aromatic carbocycles. The summed E-state index contributed by atoms with van der Waals surface area (Å²) < 4.78 is 0. The van der Waals surface area contributed by atoms with E-state index in [1.54, 1.807) is 6.20 Å². The second kappa shape index (κ2) is 7.80. The third-order valence-corrected chi connectivity index (χ3v) is 4.72. The van der Waals surface area contributed by atoms with Crippen LogP contribution >= 0.6 is 23.4 Å². The fourth-order valence-corrected chi connectivity index (χ4v) is 3.39. The number of nitrogens with one attached hydrogen (secondary N) is 2. The van der Waals surface area contributed by atoms with Gasteiger partial charge >= 0.3 is 0 Å². The highest BCUT2D eigenvalue weighted by Gasteiger charge is 2.14. The normalized spacial score (nSPS) is 19.2. The maximum Gasteiger partial charge on any atom is 0.224 e. The van der Waals surface area contributed by atoms with Crippen LogP contribution in [0.15, 0.2) is 6.20 Å². The van der Waals surface area contributed by atoms with Gasteiger partial charge in [-0.1, -0.05) is 24.9 Å². The minimum atomic E-state index is 0.586. The Bertz CT molecular complexity index is 396. The van der Waals surface area contributed by atoms with Crippen molar-refractivity contribution >= 4 is 35.1 Å². The van der Waals surface area contributed by atoms with Gasteiger partial charge in [-0.3, -0.25) is 0 Å². The third kappa shape index (κ3) is 4.73. The number of hydrogen-bond donors (Lipinski definition) is 2. The number of hydrogen-bond acceptors (Lipinski definition) is 5. The molecule has 0 bridgehead atoms. The molecule has 1 saturated heterocycles. The fraction of sp³-hybridized carbons (Fsp3) is 0.692. The van der Waals surface area contributed by atoms with Crippen LogP contribution in [-0.4, -0.2) is 34.1 Å². The van der Waals surface area contributed by atoms with E-state index >= 15 is 0 Å². The van der Waals surface area contributed by atoms with Crippen molar-refractivity contribution in [3.63, 3.8) is 0 Å². The van der Waals surface area contributed by atoms with Crippen molar-refractivity contribution in [1.29, 1.82) is 0 Å². The summed E-state index contributed by atoms with van der Waals surface area (Å²) in [4.78, 5) is 8.59. The van der Waals surface area contributed by atoms with Gasteiger partial charge in [0.2, 0.25) is 5.95 Å². The second-order valence-electron chi connectivity index (χ2n) is 4.69. The Morgan fingerprint density at radius 1 is 1.42 bits per heavy atom. The first kappa shape index (κ1) is 14.7. The van der Waals surface area contributed by atoms with Gasteiger partial charge in [0.05, 0.1) is 6.20 Å². The van der Waals surface area contributed by atoms with Gasteiger partial charge in [-0.05, 0) is 25.0 Å². The molecule has 0 aliphatic carbocycles. The molecule has 0 amide bonds. The van der Waals surface area contributed by atoms with E-state index < -0.39 is 0 Å². The Morgan fingerprint density at radius 2 is 2.32 bits per heavy atom. The van der Waals surface area contributed by atoms with Crippen molar-refractivity contribution in [1.82, 2.24) is 9.97 Å². The van der Waals surface area contributed by atoms with Crippen LogP contribution in [0.25, 0.3) is 0 Å². The average molecular weight is 301 g/mol. The number of aromatic nitrogens is 2. The van der Waals surface area contributed by atoms with Gasteiger partial charge in [0.1, 0.15) is 5.02 Å². The van der Waals surface area contributed by atoms with Gasteiger partial charge in [-0.15, -0.1) is 0 Å². The first-order chi connectivity index (χ1) is 9.29. The summed E-state index contributed by atoms with van der Waals surface area (Å²) in [6.07, 6.45) is 6.67. The van der Waals surface area contributed by atoms with E-state index in [4.69, 9.17) is 11.6 Å². The Labute approximate surface area is 124 Å². The third-order valence-electron chi connectivity index (χ3n) is 3.05. The van der Waals surface area contributed by atoms with Crippen LogP contribution < -0.4 is 10.6 Å². The number of halogens is 1. The van der Waals surface area contributed by atoms with E-state index in [-0.39, 0.29) is 0 Å². The smallest absolute Gasteiger partial charge is 0.224 e. The first-order valence-electron chi connectivity index (χ1n) is 6.91. The predicted octanol–water partition coefficient (Wildman–Crippen LogP) is 3.65. The zero-order valence-corrected chi connectivity index (χ0v) is 12.9. The summed E-state index contributed by atoms with van der Waals surface area (Å²) >= 11 is 8.17. The zero-order chi connectivity index (χ0) is 13.5. The minimum absolute atomic E-state index is 0.586. The topological polar surface area (TPSA) is 49.8 Å². The Morgan fingerprint density at radius 3 is 3.05 bits per heavy atom. The summed E-state index contributed by atoms with van der Waals surface area (Å²) in [5, 5.41) is 7.79. The largest absolute Gasteiger partial charge is 0.368 e. The van der Waals surface area contributed by atoms with Gasteiger partial charge in [0.15, 0.2) is 5.82 Å². The summed E-state index contributed by atoms with van der Waals surface area (Å²) in [6.45, 7) is 3.91. The molecular weight excluding hydrogens is 280 g/mol. The summed E-state index contributed by atoms with van der Waals surface area (Å²) in [5.41, 5.74) is 0. The van der Waals surface area contributed by atoms with Crippen LogP contribution in [0.4, 0.5) is 11.8 Å². The Hall–Kier alpha value is -0.680. The molecule has 1 unspecified atom stereocenters. The van der Waals surface area contributed by atoms with Gasteiger partial charge in [0.25, 0.3) is 0 Å². The van der Waals surface area contributed by atoms with Gasteiger partial charge in [-0.2, -0.15) is 16.7 Å². The molecule has 1 aromatic rings. The molecule has 1 aromatic heterocycles. The quantitative estimate of drug-likeness (QED) is 0.840. The highest BCUT2D eigenvalue weighted by Crippen LogP contribution is 2.26. The van der Waals surface area contributed by atoms with E-state index in [9.17, 15) is 0 Å². The van der Waals surface area contributed by atoms with Crippen molar-refractivity contribution < 1.29 is 0 Å². The van der Waals surface area contributed by atoms with Gasteiger partial charge < -0.3 is 10.6 Å². The van der Waals surface area contributed by atoms with Crippen molar-refractivity contribution in [3.05, 3.63) is 11.2 Å². The predicted molar refractivity (Wildman–Crippen MR) is 84.4 cm³/mol. The van der Waals surface area contributed by atoms with Crippen LogP contribution in [0.2, 0.25) is 5.02 Å². The van der Waals surface area contributed by atoms with Gasteiger partial charge in [-0.25, -0.2) is 4.98 Å². The molecule has 106 valence electrons. The lowest BCUT2D eigenvalue weighted by Gasteiger charge is -2.22. The lowest BCUT2D eigenvalue weighted by atomic mass is 10.2. The molecule has 1 atom stereocenters. The van der Waals surface area contributed by atoms with E-state index in [2.05, 4.69) is 27.5 Å². The average Bonchev–Trinajstić information content (AvgIpc) is 2.46. The molecule has 4 nitrogen and oxygen atoms in total. The molecule has 1 aliphatic rings. The second-order valence-corrected chi connectivity index (χ2v) is 6.50. The maximum absolute atomic E-state index is 6.13. The minimum Gasteiger partial charge on any atom is -0.368 e. The Kier molecular flexibility index (Phi) is 6.04. The standard InChI is InChI=1S/C13H21ClN4S/c1-2-6-15-13-17-9-11(14)12(18-13)16-8-10-5-3-4-7-19-10/h9-10H,2-8H2,1H3,(H2,15,16,17,18). The summed E-state index contributed by atoms with van der Waals surface area (Å²) in [7, 11) is 0. The van der Waals surface area contributed by atoms with E-state index in [1.165, 1.54) is 25.0 Å². The number of anilines is 2. The molecular formula is C13H21ClN4S. The summed E-state index contributed by atoms with van der Waals surface area (Å²) in [5.74, 6) is 2.65. The van der Waals surface area contributed by atoms with E-state index in [1.807, 2.05) is 11.8 Å². The van der Waals surface area contributed by atoms with Crippen LogP contribution in [0.5, 0.6) is 0 Å². The van der Waals surface area contributed by atoms with E-state index in [0.717, 1.165) is 25.3 Å². The first-order valence-corrected chi connectivity index (χ1v) is 8.34. The van der Waals surface area contributed by atoms with Crippen molar-refractivity contribution in [2.45, 2.75) is 37.9 Å². The molecule has 19 heavy (non-hydrogen) atoms. The Balaban J connectivity index is 1.90. The van der Waals surface area contributed by atoms with Crippen molar-refractivity contribution in [2.75, 3.05) is 29.5 Å². The number of thioether (sulfide) groups is 1. The SMILES string of the molecule is CCCNc1ncc(Cl)c(NCC2CCCCS2)n1. The molecule has 1 fully saturated rings. The number of rotatable bonds is 6. The number of nitrogens with zero attached hydrogens (tertiary/aromatic N) is 2. The van der Waals surface area contributed by atoms with Crippen LogP contribution in [0, 0.1) is 0 Å². The van der Waals surface area contributed by atoms with Crippen molar-refractivity contribution in [3.8, 4) is 0 Å². The fourth-order valence-electron chi connectivity index (χ4n) is 1.99. The lowest BCUT2D eigenvalue weighted by molar-refractivity contribution is 0.677. The summed E-state index contributed by atoms with van der Waals surface area (Å²) in [6, 6.07) is 0. The van der Waals surface area contributed by atoms with E-state index in [0.29, 0.717) is 16.2 Å². The molecule has 2 N–H and O–H groups in total. The van der Waals surface area contributed by atoms with Crippen LogP contribution in [0.1, 0.15) is 32.6 Å². The lowest BCUT2D eigenvalue weighted by Crippen LogP contribution is -2.21. The molecule has 2 rings (SSSR count).